The highest BCUT2D eigenvalue weighted by Crippen LogP contribution is 2.18. The number of nitrogens with one attached hydrogen (secondary N) is 2. The maximum Gasteiger partial charge on any atom is 0.220 e. The lowest BCUT2D eigenvalue weighted by molar-refractivity contribution is -0.121. The molecule has 1 aromatic rings. The molecule has 2 rings (SSSR count). The average molecular weight is 262 g/mol. The summed E-state index contributed by atoms with van der Waals surface area (Å²) in [5, 5.41) is 6.26. The fraction of sp³-hybridized carbons (Fsp3) is 0.533. The molecule has 0 heterocycles. The van der Waals surface area contributed by atoms with Gasteiger partial charge in [0, 0.05) is 19.0 Å². The van der Waals surface area contributed by atoms with Gasteiger partial charge in [0.05, 0.1) is 0 Å². The van der Waals surface area contributed by atoms with Crippen molar-refractivity contribution in [2.75, 3.05) is 19.7 Å². The lowest BCUT2D eigenvalue weighted by atomic mass is 10.3. The number of rotatable bonds is 9. The molecule has 0 saturated heterocycles. The van der Waals surface area contributed by atoms with Gasteiger partial charge in [0.2, 0.25) is 5.91 Å². The maximum atomic E-state index is 11.4. The lowest BCUT2D eigenvalue weighted by Crippen LogP contribution is -2.27. The minimum Gasteiger partial charge on any atom is -0.492 e. The van der Waals surface area contributed by atoms with Crippen molar-refractivity contribution in [3.05, 3.63) is 30.3 Å². The highest BCUT2D eigenvalue weighted by Gasteiger charge is 2.22. The molecule has 0 radical (unpaired) electrons. The van der Waals surface area contributed by atoms with Gasteiger partial charge in [-0.05, 0) is 37.9 Å². The lowest BCUT2D eigenvalue weighted by Gasteiger charge is -2.07. The first kappa shape index (κ1) is 13.9. The molecule has 104 valence electrons. The summed E-state index contributed by atoms with van der Waals surface area (Å²) in [5.41, 5.74) is 0. The average Bonchev–Trinajstić information content (AvgIpc) is 3.23. The molecule has 1 aliphatic carbocycles. The first-order valence-corrected chi connectivity index (χ1v) is 7.02. The Morgan fingerprint density at radius 2 is 2.00 bits per heavy atom. The molecule has 1 aromatic carbocycles. The van der Waals surface area contributed by atoms with Crippen LogP contribution in [0.25, 0.3) is 0 Å². The number of carbonyl (C=O) groups excluding carboxylic acids is 1. The first-order valence-electron chi connectivity index (χ1n) is 7.02. The summed E-state index contributed by atoms with van der Waals surface area (Å²) in [6, 6.07) is 10.3. The number of carbonyl (C=O) groups is 1. The molecular formula is C15H22N2O2. The van der Waals surface area contributed by atoms with Crippen LogP contribution in [0, 0.1) is 0 Å². The van der Waals surface area contributed by atoms with Crippen LogP contribution in [0.1, 0.15) is 25.7 Å². The summed E-state index contributed by atoms with van der Waals surface area (Å²) in [6.07, 6.45) is 3.80. The van der Waals surface area contributed by atoms with Gasteiger partial charge >= 0.3 is 0 Å². The predicted octanol–water partition coefficient (Wildman–Crippen LogP) is 1.71. The van der Waals surface area contributed by atoms with E-state index in [9.17, 15) is 4.79 Å². The van der Waals surface area contributed by atoms with Crippen LogP contribution in [0.2, 0.25) is 0 Å². The number of hydrogen-bond acceptors (Lipinski definition) is 3. The zero-order valence-corrected chi connectivity index (χ0v) is 11.2. The fourth-order valence-electron chi connectivity index (χ4n) is 1.78. The SMILES string of the molecule is O=C(CCCNCCOc1ccccc1)NC1CC1. The quantitative estimate of drug-likeness (QED) is 0.666. The standard InChI is InChI=1S/C15H22N2O2/c18-15(17-13-8-9-13)7-4-10-16-11-12-19-14-5-2-1-3-6-14/h1-3,5-6,13,16H,4,7-12H2,(H,17,18). The predicted molar refractivity (Wildman–Crippen MR) is 75.2 cm³/mol. The molecule has 0 atom stereocenters. The van der Waals surface area contributed by atoms with Crippen molar-refractivity contribution in [3.8, 4) is 5.75 Å². The molecule has 1 saturated carbocycles. The molecule has 1 fully saturated rings. The Kier molecular flexibility index (Phi) is 5.69. The third-order valence-corrected chi connectivity index (χ3v) is 2.99. The Hall–Kier alpha value is -1.55. The van der Waals surface area contributed by atoms with E-state index in [2.05, 4.69) is 10.6 Å². The van der Waals surface area contributed by atoms with E-state index in [0.717, 1.165) is 38.1 Å². The molecule has 4 heteroatoms. The topological polar surface area (TPSA) is 50.4 Å². The third-order valence-electron chi connectivity index (χ3n) is 2.99. The Balaban J connectivity index is 1.40. The number of amides is 1. The monoisotopic (exact) mass is 262 g/mol. The number of ether oxygens (including phenoxy) is 1. The highest BCUT2D eigenvalue weighted by atomic mass is 16.5. The minimum atomic E-state index is 0.185. The molecule has 1 amide bonds. The number of hydrogen-bond donors (Lipinski definition) is 2. The molecule has 2 N–H and O–H groups in total. The van der Waals surface area contributed by atoms with Crippen molar-refractivity contribution >= 4 is 5.91 Å². The summed E-state index contributed by atoms with van der Waals surface area (Å²) in [5.74, 6) is 1.08. The van der Waals surface area contributed by atoms with Crippen LogP contribution in [0.15, 0.2) is 30.3 Å². The fourth-order valence-corrected chi connectivity index (χ4v) is 1.78. The van der Waals surface area contributed by atoms with Crippen LogP contribution in [0.4, 0.5) is 0 Å². The van der Waals surface area contributed by atoms with Crippen molar-refractivity contribution in [2.24, 2.45) is 0 Å². The van der Waals surface area contributed by atoms with Crippen molar-refractivity contribution in [3.63, 3.8) is 0 Å². The van der Waals surface area contributed by atoms with E-state index in [-0.39, 0.29) is 5.91 Å². The highest BCUT2D eigenvalue weighted by molar-refractivity contribution is 5.76. The first-order chi connectivity index (χ1) is 9.34. The zero-order valence-electron chi connectivity index (χ0n) is 11.2. The number of para-hydroxylation sites is 1. The maximum absolute atomic E-state index is 11.4. The minimum absolute atomic E-state index is 0.185. The van der Waals surface area contributed by atoms with Gasteiger partial charge < -0.3 is 15.4 Å². The van der Waals surface area contributed by atoms with Gasteiger partial charge in [-0.3, -0.25) is 4.79 Å². The van der Waals surface area contributed by atoms with E-state index in [0.29, 0.717) is 19.1 Å². The van der Waals surface area contributed by atoms with E-state index >= 15 is 0 Å². The van der Waals surface area contributed by atoms with Gasteiger partial charge in [-0.1, -0.05) is 18.2 Å². The Labute approximate surface area is 114 Å². The van der Waals surface area contributed by atoms with E-state index in [1.165, 1.54) is 0 Å². The number of benzene rings is 1. The summed E-state index contributed by atoms with van der Waals surface area (Å²) in [7, 11) is 0. The molecule has 19 heavy (non-hydrogen) atoms. The Morgan fingerprint density at radius 3 is 2.74 bits per heavy atom. The third kappa shape index (κ3) is 6.25. The summed E-state index contributed by atoms with van der Waals surface area (Å²) in [6.45, 7) is 2.31. The molecule has 0 aliphatic heterocycles. The normalized spacial score (nSPS) is 14.1. The Bertz CT molecular complexity index is 377. The second-order valence-corrected chi connectivity index (χ2v) is 4.86. The van der Waals surface area contributed by atoms with Crippen LogP contribution in [-0.2, 0) is 4.79 Å². The summed E-state index contributed by atoms with van der Waals surface area (Å²) >= 11 is 0. The molecule has 0 bridgehead atoms. The molecule has 0 aromatic heterocycles. The van der Waals surface area contributed by atoms with Crippen molar-refractivity contribution in [1.29, 1.82) is 0 Å². The second kappa shape index (κ2) is 7.79. The zero-order chi connectivity index (χ0) is 13.3. The van der Waals surface area contributed by atoms with Gasteiger partial charge in [-0.25, -0.2) is 0 Å². The van der Waals surface area contributed by atoms with Gasteiger partial charge in [0.1, 0.15) is 12.4 Å². The van der Waals surface area contributed by atoms with Crippen molar-refractivity contribution in [1.82, 2.24) is 10.6 Å². The molecule has 0 unspecified atom stereocenters. The summed E-state index contributed by atoms with van der Waals surface area (Å²) in [4.78, 5) is 11.4. The smallest absolute Gasteiger partial charge is 0.220 e. The van der Waals surface area contributed by atoms with E-state index in [1.807, 2.05) is 30.3 Å². The van der Waals surface area contributed by atoms with E-state index in [4.69, 9.17) is 4.74 Å². The Morgan fingerprint density at radius 1 is 1.21 bits per heavy atom. The van der Waals surface area contributed by atoms with Crippen LogP contribution >= 0.6 is 0 Å². The van der Waals surface area contributed by atoms with Crippen molar-refractivity contribution < 1.29 is 9.53 Å². The van der Waals surface area contributed by atoms with Crippen LogP contribution in [0.3, 0.4) is 0 Å². The van der Waals surface area contributed by atoms with Crippen LogP contribution in [-0.4, -0.2) is 31.6 Å². The second-order valence-electron chi connectivity index (χ2n) is 4.86. The van der Waals surface area contributed by atoms with Gasteiger partial charge in [-0.2, -0.15) is 0 Å². The molecule has 0 spiro atoms. The van der Waals surface area contributed by atoms with Gasteiger partial charge in [0.15, 0.2) is 0 Å². The summed E-state index contributed by atoms with van der Waals surface area (Å²) < 4.78 is 5.55. The van der Waals surface area contributed by atoms with Crippen molar-refractivity contribution in [2.45, 2.75) is 31.7 Å². The van der Waals surface area contributed by atoms with Gasteiger partial charge in [0.25, 0.3) is 0 Å². The molecule has 4 nitrogen and oxygen atoms in total. The molecular weight excluding hydrogens is 240 g/mol. The van der Waals surface area contributed by atoms with E-state index in [1.54, 1.807) is 0 Å². The van der Waals surface area contributed by atoms with Crippen LogP contribution < -0.4 is 15.4 Å². The van der Waals surface area contributed by atoms with E-state index < -0.39 is 0 Å². The molecule has 1 aliphatic rings. The van der Waals surface area contributed by atoms with Gasteiger partial charge in [-0.15, -0.1) is 0 Å². The largest absolute Gasteiger partial charge is 0.492 e. The van der Waals surface area contributed by atoms with Crippen LogP contribution in [0.5, 0.6) is 5.75 Å².